The predicted molar refractivity (Wildman–Crippen MR) is 115 cm³/mol. The first-order valence-corrected chi connectivity index (χ1v) is 9.91. The molecule has 0 bridgehead atoms. The molecule has 5 nitrogen and oxygen atoms in total. The van der Waals surface area contributed by atoms with Crippen molar-refractivity contribution in [3.8, 4) is 11.5 Å². The average Bonchev–Trinajstić information content (AvgIpc) is 2.71. The second-order valence-electron chi connectivity index (χ2n) is 5.74. The maximum Gasteiger partial charge on any atom is 0.132 e. The van der Waals surface area contributed by atoms with Crippen LogP contribution in [0.1, 0.15) is 11.1 Å². The van der Waals surface area contributed by atoms with Crippen LogP contribution in [0.5, 0.6) is 11.5 Å². The lowest BCUT2D eigenvalue weighted by atomic mass is 10.1. The third kappa shape index (κ3) is 5.50. The molecule has 0 spiro atoms. The summed E-state index contributed by atoms with van der Waals surface area (Å²) in [5.74, 6) is 0.907. The molecule has 5 N–H and O–H groups in total. The summed E-state index contributed by atoms with van der Waals surface area (Å²) in [4.78, 5) is 0. The van der Waals surface area contributed by atoms with E-state index >= 15 is 0 Å². The molecule has 0 unspecified atom stereocenters. The first kappa shape index (κ1) is 21.8. The molecule has 0 aromatic heterocycles. The van der Waals surface area contributed by atoms with Crippen LogP contribution in [0, 0.1) is 5.82 Å². The number of methoxy groups -OCH3 is 2. The number of hydrogen-bond acceptors (Lipinski definition) is 6. The molecule has 0 radical (unpaired) electrons. The van der Waals surface area contributed by atoms with Crippen LogP contribution in [-0.4, -0.2) is 20.5 Å². The number of nitrogens with two attached hydrogens (primary N) is 2. The minimum absolute atomic E-state index is 0.209. The molecule has 0 atom stereocenters. The van der Waals surface area contributed by atoms with Crippen molar-refractivity contribution in [3.63, 3.8) is 0 Å². The molecule has 0 saturated carbocycles. The van der Waals surface area contributed by atoms with E-state index in [2.05, 4.69) is 5.32 Å². The smallest absolute Gasteiger partial charge is 0.132 e. The van der Waals surface area contributed by atoms with Crippen molar-refractivity contribution in [2.45, 2.75) is 6.54 Å². The van der Waals surface area contributed by atoms with E-state index in [0.29, 0.717) is 33.8 Å². The zero-order valence-electron chi connectivity index (χ0n) is 15.9. The van der Waals surface area contributed by atoms with Gasteiger partial charge in [0.2, 0.25) is 0 Å². The number of hydrogen-bond donors (Lipinski definition) is 3. The monoisotopic (exact) mass is 423 g/mol. The number of benzene rings is 2. The molecular formula is C20H23ClFN3O2S. The van der Waals surface area contributed by atoms with Crippen LogP contribution in [0.4, 0.5) is 4.39 Å². The molecular weight excluding hydrogens is 401 g/mol. The minimum Gasteiger partial charge on any atom is -0.497 e. The highest BCUT2D eigenvalue weighted by atomic mass is 35.5. The van der Waals surface area contributed by atoms with E-state index in [1.807, 2.05) is 18.4 Å². The van der Waals surface area contributed by atoms with Gasteiger partial charge in [0.15, 0.2) is 0 Å². The normalized spacial score (nSPS) is 12.4. The Balaban J connectivity index is 2.30. The van der Waals surface area contributed by atoms with E-state index in [0.717, 1.165) is 5.56 Å². The van der Waals surface area contributed by atoms with Gasteiger partial charge in [0.25, 0.3) is 0 Å². The molecule has 2 rings (SSSR count). The lowest BCUT2D eigenvalue weighted by molar-refractivity contribution is 0.390. The molecule has 150 valence electrons. The van der Waals surface area contributed by atoms with Crippen LogP contribution in [0.25, 0.3) is 5.70 Å². The maximum atomic E-state index is 14.1. The Morgan fingerprint density at radius 2 is 1.93 bits per heavy atom. The molecule has 2 aromatic carbocycles. The molecule has 0 saturated heterocycles. The molecule has 2 aromatic rings. The van der Waals surface area contributed by atoms with Gasteiger partial charge in [0.05, 0.1) is 24.9 Å². The summed E-state index contributed by atoms with van der Waals surface area (Å²) in [6.07, 6.45) is 3.44. The Hall–Kier alpha value is -2.51. The van der Waals surface area contributed by atoms with Crippen molar-refractivity contribution in [3.05, 3.63) is 75.2 Å². The van der Waals surface area contributed by atoms with Crippen molar-refractivity contribution >= 4 is 29.1 Å². The average molecular weight is 424 g/mol. The highest BCUT2D eigenvalue weighted by molar-refractivity contribution is 8.02. The second-order valence-corrected chi connectivity index (χ2v) is 7.02. The Labute approximate surface area is 173 Å². The van der Waals surface area contributed by atoms with Crippen molar-refractivity contribution in [2.75, 3.05) is 20.5 Å². The fourth-order valence-corrected chi connectivity index (χ4v) is 2.98. The summed E-state index contributed by atoms with van der Waals surface area (Å²) in [7, 11) is 3.18. The van der Waals surface area contributed by atoms with Gasteiger partial charge in [-0.25, -0.2) is 4.39 Å². The Bertz CT molecular complexity index is 903. The number of halogens is 2. The third-order valence-corrected chi connectivity index (χ3v) is 4.88. The van der Waals surface area contributed by atoms with Crippen LogP contribution in [0.15, 0.2) is 53.2 Å². The van der Waals surface area contributed by atoms with Gasteiger partial charge in [-0.1, -0.05) is 11.6 Å². The van der Waals surface area contributed by atoms with Crippen LogP contribution in [0.3, 0.4) is 0 Å². The lowest BCUT2D eigenvalue weighted by Crippen LogP contribution is -2.17. The van der Waals surface area contributed by atoms with E-state index < -0.39 is 5.82 Å². The van der Waals surface area contributed by atoms with E-state index in [4.69, 9.17) is 32.5 Å². The lowest BCUT2D eigenvalue weighted by Gasteiger charge is -2.15. The van der Waals surface area contributed by atoms with Gasteiger partial charge in [-0.3, -0.25) is 0 Å². The molecule has 0 amide bonds. The van der Waals surface area contributed by atoms with Gasteiger partial charge < -0.3 is 26.3 Å². The SMILES string of the molecule is COc1ccc(CNC(/C=C(\N)c2cc(Cl)ccc2F)=C(/N)SC)c(OC)c1. The summed E-state index contributed by atoms with van der Waals surface area (Å²) in [6.45, 7) is 0.422. The van der Waals surface area contributed by atoms with Crippen molar-refractivity contribution in [1.82, 2.24) is 5.32 Å². The summed E-state index contributed by atoms with van der Waals surface area (Å²) >= 11 is 7.31. The molecule has 0 fully saturated rings. The topological polar surface area (TPSA) is 82.5 Å². The fourth-order valence-electron chi connectivity index (χ4n) is 2.46. The van der Waals surface area contributed by atoms with Gasteiger partial charge in [-0.15, -0.1) is 11.8 Å². The van der Waals surface area contributed by atoms with Crippen molar-refractivity contribution < 1.29 is 13.9 Å². The van der Waals surface area contributed by atoms with E-state index in [-0.39, 0.29) is 11.3 Å². The van der Waals surface area contributed by atoms with Crippen LogP contribution >= 0.6 is 23.4 Å². The molecule has 8 heteroatoms. The number of thioether (sulfide) groups is 1. The molecule has 0 heterocycles. The first-order valence-electron chi connectivity index (χ1n) is 8.30. The van der Waals surface area contributed by atoms with Crippen LogP contribution < -0.4 is 26.3 Å². The molecule has 28 heavy (non-hydrogen) atoms. The standard InChI is InChI=1S/C20H23ClFN3O2S/c1-26-14-6-4-12(19(9-14)27-2)11-25-18(20(24)28-3)10-17(23)15-8-13(21)5-7-16(15)22/h4-10,25H,11,23-24H2,1-3H3/b17-10-,20-18-. The highest BCUT2D eigenvalue weighted by Gasteiger charge is 2.10. The van der Waals surface area contributed by atoms with Crippen molar-refractivity contribution in [1.29, 1.82) is 0 Å². The van der Waals surface area contributed by atoms with Crippen molar-refractivity contribution in [2.24, 2.45) is 11.5 Å². The molecule has 0 aliphatic rings. The summed E-state index contributed by atoms with van der Waals surface area (Å²) < 4.78 is 24.7. The largest absolute Gasteiger partial charge is 0.497 e. The number of rotatable bonds is 8. The Kier molecular flexibility index (Phi) is 7.90. The minimum atomic E-state index is -0.461. The van der Waals surface area contributed by atoms with E-state index in [9.17, 15) is 4.39 Å². The van der Waals surface area contributed by atoms with Gasteiger partial charge >= 0.3 is 0 Å². The maximum absolute atomic E-state index is 14.1. The Morgan fingerprint density at radius 3 is 2.57 bits per heavy atom. The highest BCUT2D eigenvalue weighted by Crippen LogP contribution is 2.26. The number of ether oxygens (including phenoxy) is 2. The summed E-state index contributed by atoms with van der Waals surface area (Å²) in [5, 5.41) is 4.14. The summed E-state index contributed by atoms with van der Waals surface area (Å²) in [6, 6.07) is 9.74. The van der Waals surface area contributed by atoms with E-state index in [1.165, 1.54) is 30.0 Å². The van der Waals surface area contributed by atoms with E-state index in [1.54, 1.807) is 26.4 Å². The predicted octanol–water partition coefficient (Wildman–Crippen LogP) is 4.08. The van der Waals surface area contributed by atoms with Crippen LogP contribution in [-0.2, 0) is 6.54 Å². The number of nitrogens with one attached hydrogen (secondary N) is 1. The van der Waals surface area contributed by atoms with Crippen LogP contribution in [0.2, 0.25) is 5.02 Å². The quantitative estimate of drug-likeness (QED) is 0.555. The third-order valence-electron chi connectivity index (χ3n) is 3.99. The summed E-state index contributed by atoms with van der Waals surface area (Å²) in [5.41, 5.74) is 14.1. The molecule has 0 aliphatic heterocycles. The van der Waals surface area contributed by atoms with Gasteiger partial charge in [0, 0.05) is 34.5 Å². The zero-order chi connectivity index (χ0) is 20.7. The van der Waals surface area contributed by atoms with Gasteiger partial charge in [-0.2, -0.15) is 0 Å². The zero-order valence-corrected chi connectivity index (χ0v) is 17.5. The van der Waals surface area contributed by atoms with Gasteiger partial charge in [-0.05, 0) is 42.7 Å². The first-order chi connectivity index (χ1) is 13.4. The second kappa shape index (κ2) is 10.1. The fraction of sp³-hybridized carbons (Fsp3) is 0.200. The molecule has 0 aliphatic carbocycles. The number of allylic oxidation sites excluding steroid dienone is 1. The Morgan fingerprint density at radius 1 is 1.18 bits per heavy atom. The van der Waals surface area contributed by atoms with Gasteiger partial charge in [0.1, 0.15) is 17.3 Å².